The average Bonchev–Trinajstić information content (AvgIpc) is 2.29. The van der Waals surface area contributed by atoms with E-state index in [1.165, 1.54) is 0 Å². The van der Waals surface area contributed by atoms with Crippen LogP contribution in [0.3, 0.4) is 0 Å². The molecular formula is C12H18BrNO2. The minimum atomic E-state index is 0.211. The zero-order valence-corrected chi connectivity index (χ0v) is 11.3. The molecule has 0 aromatic heterocycles. The maximum atomic E-state index is 8.90. The number of nitrogens with one attached hydrogen (secondary N) is 1. The van der Waals surface area contributed by atoms with E-state index in [2.05, 4.69) is 21.2 Å². The summed E-state index contributed by atoms with van der Waals surface area (Å²) < 4.78 is 6.32. The summed E-state index contributed by atoms with van der Waals surface area (Å²) in [5.41, 5.74) is 1.11. The summed E-state index contributed by atoms with van der Waals surface area (Å²) in [6.45, 7) is 3.76. The van der Waals surface area contributed by atoms with E-state index >= 15 is 0 Å². The molecule has 0 spiro atoms. The monoisotopic (exact) mass is 287 g/mol. The highest BCUT2D eigenvalue weighted by Crippen LogP contribution is 2.22. The maximum Gasteiger partial charge on any atom is 0.123 e. The first kappa shape index (κ1) is 13.5. The molecule has 0 amide bonds. The molecule has 0 aliphatic carbocycles. The van der Waals surface area contributed by atoms with Crippen molar-refractivity contribution in [3.8, 4) is 5.75 Å². The van der Waals surface area contributed by atoms with Crippen molar-refractivity contribution in [1.82, 2.24) is 5.32 Å². The van der Waals surface area contributed by atoms with Gasteiger partial charge in [-0.3, -0.25) is 0 Å². The zero-order chi connectivity index (χ0) is 12.0. The molecule has 0 fully saturated rings. The molecule has 1 aromatic rings. The lowest BCUT2D eigenvalue weighted by molar-refractivity contribution is 0.233. The largest absolute Gasteiger partial charge is 0.496 e. The Morgan fingerprint density at radius 3 is 2.88 bits per heavy atom. The highest BCUT2D eigenvalue weighted by molar-refractivity contribution is 9.10. The molecule has 1 unspecified atom stereocenters. The smallest absolute Gasteiger partial charge is 0.123 e. The van der Waals surface area contributed by atoms with Crippen molar-refractivity contribution in [3.05, 3.63) is 28.2 Å². The molecule has 1 rings (SSSR count). The van der Waals surface area contributed by atoms with Crippen molar-refractivity contribution in [3.63, 3.8) is 0 Å². The number of halogens is 1. The maximum absolute atomic E-state index is 8.90. The first-order chi connectivity index (χ1) is 7.67. The van der Waals surface area contributed by atoms with Gasteiger partial charge in [0.2, 0.25) is 0 Å². The summed E-state index contributed by atoms with van der Waals surface area (Å²) in [5, 5.41) is 12.2. The zero-order valence-electron chi connectivity index (χ0n) is 9.66. The Kier molecular flexibility index (Phi) is 5.80. The van der Waals surface area contributed by atoms with Crippen molar-refractivity contribution < 1.29 is 9.84 Å². The van der Waals surface area contributed by atoms with Crippen molar-refractivity contribution in [2.24, 2.45) is 5.92 Å². The normalized spacial score (nSPS) is 12.5. The van der Waals surface area contributed by atoms with E-state index in [-0.39, 0.29) is 12.5 Å². The molecule has 0 saturated carbocycles. The van der Waals surface area contributed by atoms with E-state index in [0.29, 0.717) is 0 Å². The lowest BCUT2D eigenvalue weighted by Crippen LogP contribution is -2.22. The third-order valence-electron chi connectivity index (χ3n) is 2.36. The molecule has 0 saturated heterocycles. The molecule has 0 aliphatic heterocycles. The number of ether oxygens (including phenoxy) is 1. The molecule has 3 nitrogen and oxygen atoms in total. The molecule has 2 N–H and O–H groups in total. The number of methoxy groups -OCH3 is 1. The number of hydrogen-bond donors (Lipinski definition) is 2. The van der Waals surface area contributed by atoms with Crippen LogP contribution in [0.4, 0.5) is 0 Å². The quantitative estimate of drug-likeness (QED) is 0.843. The third-order valence-corrected chi connectivity index (χ3v) is 2.86. The highest BCUT2D eigenvalue weighted by Gasteiger charge is 2.04. The van der Waals surface area contributed by atoms with E-state index in [1.54, 1.807) is 7.11 Å². The average molecular weight is 288 g/mol. The van der Waals surface area contributed by atoms with Crippen LogP contribution in [-0.2, 0) is 6.54 Å². The third kappa shape index (κ3) is 4.12. The van der Waals surface area contributed by atoms with Crippen LogP contribution in [-0.4, -0.2) is 25.4 Å². The van der Waals surface area contributed by atoms with Crippen molar-refractivity contribution in [1.29, 1.82) is 0 Å². The summed E-state index contributed by atoms with van der Waals surface area (Å²) in [7, 11) is 1.67. The fourth-order valence-electron chi connectivity index (χ4n) is 1.40. The van der Waals surface area contributed by atoms with Crippen LogP contribution in [0.1, 0.15) is 12.5 Å². The van der Waals surface area contributed by atoms with Crippen LogP contribution < -0.4 is 10.1 Å². The molecule has 16 heavy (non-hydrogen) atoms. The van der Waals surface area contributed by atoms with Gasteiger partial charge < -0.3 is 15.2 Å². The van der Waals surface area contributed by atoms with E-state index < -0.39 is 0 Å². The molecule has 0 radical (unpaired) electrons. The fraction of sp³-hybridized carbons (Fsp3) is 0.500. The number of aliphatic hydroxyl groups excluding tert-OH is 1. The van der Waals surface area contributed by atoms with Gasteiger partial charge in [-0.25, -0.2) is 0 Å². The predicted octanol–water partition coefficient (Wildman–Crippen LogP) is 2.18. The number of hydrogen-bond acceptors (Lipinski definition) is 3. The minimum Gasteiger partial charge on any atom is -0.496 e. The van der Waals surface area contributed by atoms with Crippen LogP contribution in [0.2, 0.25) is 0 Å². The number of aliphatic hydroxyl groups is 1. The lowest BCUT2D eigenvalue weighted by atomic mass is 10.1. The molecular weight excluding hydrogens is 270 g/mol. The first-order valence-corrected chi connectivity index (χ1v) is 6.10. The van der Waals surface area contributed by atoms with Crippen LogP contribution in [0.5, 0.6) is 5.75 Å². The van der Waals surface area contributed by atoms with Gasteiger partial charge >= 0.3 is 0 Å². The van der Waals surface area contributed by atoms with Crippen molar-refractivity contribution >= 4 is 15.9 Å². The lowest BCUT2D eigenvalue weighted by Gasteiger charge is -2.12. The van der Waals surface area contributed by atoms with Crippen molar-refractivity contribution in [2.45, 2.75) is 13.5 Å². The Hall–Kier alpha value is -0.580. The Balaban J connectivity index is 2.55. The van der Waals surface area contributed by atoms with E-state index in [9.17, 15) is 0 Å². The van der Waals surface area contributed by atoms with Gasteiger partial charge in [0.15, 0.2) is 0 Å². The second kappa shape index (κ2) is 6.89. The first-order valence-electron chi connectivity index (χ1n) is 5.31. The van der Waals surface area contributed by atoms with Gasteiger partial charge in [-0.05, 0) is 24.1 Å². The van der Waals surface area contributed by atoms with Gasteiger partial charge in [-0.15, -0.1) is 0 Å². The SMILES string of the molecule is COc1ccc(Br)cc1CNCC(C)CO. The fourth-order valence-corrected chi connectivity index (χ4v) is 1.81. The Morgan fingerprint density at radius 1 is 1.50 bits per heavy atom. The molecule has 0 aliphatic rings. The summed E-state index contributed by atoms with van der Waals surface area (Å²) in [6, 6.07) is 5.94. The molecule has 90 valence electrons. The molecule has 1 aromatic carbocycles. The summed E-state index contributed by atoms with van der Waals surface area (Å²) in [6.07, 6.45) is 0. The Labute approximate surface area is 105 Å². The van der Waals surface area contributed by atoms with Gasteiger partial charge in [0.1, 0.15) is 5.75 Å². The molecule has 0 heterocycles. The van der Waals surface area contributed by atoms with Gasteiger partial charge in [0, 0.05) is 29.7 Å². The number of rotatable bonds is 6. The molecule has 1 atom stereocenters. The van der Waals surface area contributed by atoms with Crippen LogP contribution in [0.25, 0.3) is 0 Å². The second-order valence-corrected chi connectivity index (χ2v) is 4.79. The van der Waals surface area contributed by atoms with Gasteiger partial charge in [-0.1, -0.05) is 22.9 Å². The number of benzene rings is 1. The molecule has 0 bridgehead atoms. The van der Waals surface area contributed by atoms with Crippen LogP contribution >= 0.6 is 15.9 Å². The highest BCUT2D eigenvalue weighted by atomic mass is 79.9. The standard InChI is InChI=1S/C12H18BrNO2/c1-9(8-15)6-14-7-10-5-11(13)3-4-12(10)16-2/h3-5,9,14-15H,6-8H2,1-2H3. The topological polar surface area (TPSA) is 41.5 Å². The van der Waals surface area contributed by atoms with Crippen LogP contribution in [0, 0.1) is 5.92 Å². The van der Waals surface area contributed by atoms with Gasteiger partial charge in [-0.2, -0.15) is 0 Å². The van der Waals surface area contributed by atoms with Gasteiger partial charge in [0.25, 0.3) is 0 Å². The summed E-state index contributed by atoms with van der Waals surface area (Å²) >= 11 is 3.44. The van der Waals surface area contributed by atoms with E-state index in [4.69, 9.17) is 9.84 Å². The molecule has 4 heteroatoms. The second-order valence-electron chi connectivity index (χ2n) is 3.87. The predicted molar refractivity (Wildman–Crippen MR) is 68.7 cm³/mol. The van der Waals surface area contributed by atoms with Crippen molar-refractivity contribution in [2.75, 3.05) is 20.3 Å². The minimum absolute atomic E-state index is 0.211. The van der Waals surface area contributed by atoms with Crippen LogP contribution in [0.15, 0.2) is 22.7 Å². The van der Waals surface area contributed by atoms with E-state index in [1.807, 2.05) is 25.1 Å². The summed E-state index contributed by atoms with van der Waals surface area (Å²) in [4.78, 5) is 0. The Bertz CT molecular complexity index is 331. The summed E-state index contributed by atoms with van der Waals surface area (Å²) in [5.74, 6) is 1.16. The van der Waals surface area contributed by atoms with Gasteiger partial charge in [0.05, 0.1) is 7.11 Å². The van der Waals surface area contributed by atoms with E-state index in [0.717, 1.165) is 28.9 Å². The Morgan fingerprint density at radius 2 is 2.25 bits per heavy atom.